The highest BCUT2D eigenvalue weighted by atomic mass is 32.2. The Hall–Kier alpha value is -1.20. The second kappa shape index (κ2) is 6.11. The van der Waals surface area contributed by atoms with Gasteiger partial charge in [-0.1, -0.05) is 0 Å². The fourth-order valence-electron chi connectivity index (χ4n) is 1.92. The van der Waals surface area contributed by atoms with Gasteiger partial charge in [0.15, 0.2) is 6.61 Å². The lowest BCUT2D eigenvalue weighted by Gasteiger charge is -2.29. The van der Waals surface area contributed by atoms with Crippen LogP contribution in [0.1, 0.15) is 6.42 Å². The van der Waals surface area contributed by atoms with Crippen LogP contribution in [0.5, 0.6) is 5.75 Å². The molecule has 5 heteroatoms. The van der Waals surface area contributed by atoms with E-state index in [4.69, 9.17) is 9.47 Å². The zero-order valence-electron chi connectivity index (χ0n) is 10.6. The maximum Gasteiger partial charge on any atom is 0.265 e. The number of ether oxygens (including phenoxy) is 2. The van der Waals surface area contributed by atoms with E-state index < -0.39 is 0 Å². The average molecular weight is 267 g/mol. The monoisotopic (exact) mass is 267 g/mol. The van der Waals surface area contributed by atoms with Gasteiger partial charge in [0.25, 0.3) is 5.91 Å². The summed E-state index contributed by atoms with van der Waals surface area (Å²) in [5.74, 6) is 0.793. The van der Waals surface area contributed by atoms with E-state index in [0.717, 1.165) is 22.8 Å². The van der Waals surface area contributed by atoms with Gasteiger partial charge in [0.1, 0.15) is 5.75 Å². The summed E-state index contributed by atoms with van der Waals surface area (Å²) in [6.45, 7) is 1.45. The number of thioether (sulfide) groups is 1. The maximum atomic E-state index is 11.9. The summed E-state index contributed by atoms with van der Waals surface area (Å²) in [6.07, 6.45) is 2.84. The number of hydrogen-bond donors (Lipinski definition) is 0. The van der Waals surface area contributed by atoms with Crippen LogP contribution in [0.3, 0.4) is 0 Å². The largest absolute Gasteiger partial charge is 0.482 e. The van der Waals surface area contributed by atoms with Crippen molar-refractivity contribution in [2.45, 2.75) is 11.3 Å². The molecule has 0 spiro atoms. The van der Waals surface area contributed by atoms with Gasteiger partial charge in [-0.15, -0.1) is 11.8 Å². The van der Waals surface area contributed by atoms with E-state index in [2.05, 4.69) is 0 Å². The van der Waals surface area contributed by atoms with Gasteiger partial charge in [0, 0.05) is 25.2 Å². The minimum atomic E-state index is 0.0110. The molecule has 1 amide bonds. The highest BCUT2D eigenvalue weighted by Crippen LogP contribution is 2.35. The molecule has 1 aliphatic heterocycles. The van der Waals surface area contributed by atoms with Crippen molar-refractivity contribution in [3.05, 3.63) is 18.2 Å². The first-order valence-electron chi connectivity index (χ1n) is 5.86. The first-order chi connectivity index (χ1) is 8.76. The minimum absolute atomic E-state index is 0.0110. The molecular weight excluding hydrogens is 250 g/mol. The fourth-order valence-corrected chi connectivity index (χ4v) is 2.35. The topological polar surface area (TPSA) is 38.8 Å². The number of benzene rings is 1. The Kier molecular flexibility index (Phi) is 4.49. The van der Waals surface area contributed by atoms with Gasteiger partial charge in [-0.05, 0) is 30.9 Å². The zero-order chi connectivity index (χ0) is 13.0. The number of anilines is 1. The summed E-state index contributed by atoms with van der Waals surface area (Å²) in [5.41, 5.74) is 0.870. The molecule has 0 radical (unpaired) electrons. The van der Waals surface area contributed by atoms with Crippen LogP contribution in [-0.2, 0) is 9.53 Å². The zero-order valence-corrected chi connectivity index (χ0v) is 11.5. The second-order valence-electron chi connectivity index (χ2n) is 4.01. The molecule has 0 aliphatic carbocycles. The van der Waals surface area contributed by atoms with Crippen molar-refractivity contribution in [1.29, 1.82) is 0 Å². The normalized spacial score (nSPS) is 14.3. The Labute approximate surface area is 111 Å². The third kappa shape index (κ3) is 2.79. The molecular formula is C13H17NO3S. The molecule has 18 heavy (non-hydrogen) atoms. The van der Waals surface area contributed by atoms with Gasteiger partial charge in [-0.2, -0.15) is 0 Å². The summed E-state index contributed by atoms with van der Waals surface area (Å²) in [7, 11) is 1.67. The minimum Gasteiger partial charge on any atom is -0.482 e. The molecule has 0 fully saturated rings. The van der Waals surface area contributed by atoms with E-state index in [-0.39, 0.29) is 12.5 Å². The number of amides is 1. The quantitative estimate of drug-likeness (QED) is 0.605. The molecule has 2 rings (SSSR count). The molecule has 0 atom stereocenters. The lowest BCUT2D eigenvalue weighted by molar-refractivity contribution is -0.121. The van der Waals surface area contributed by atoms with E-state index in [0.29, 0.717) is 13.2 Å². The number of methoxy groups -OCH3 is 1. The summed E-state index contributed by atoms with van der Waals surface area (Å²) >= 11 is 1.66. The van der Waals surface area contributed by atoms with Crippen molar-refractivity contribution in [2.75, 3.05) is 38.0 Å². The molecule has 0 bridgehead atoms. The molecule has 0 saturated heterocycles. The molecule has 1 aromatic carbocycles. The van der Waals surface area contributed by atoms with Crippen molar-refractivity contribution in [3.63, 3.8) is 0 Å². The number of nitrogens with zero attached hydrogens (tertiary/aromatic N) is 1. The van der Waals surface area contributed by atoms with Crippen LogP contribution in [0.25, 0.3) is 0 Å². The Morgan fingerprint density at radius 1 is 1.50 bits per heavy atom. The van der Waals surface area contributed by atoms with Gasteiger partial charge in [0.2, 0.25) is 0 Å². The van der Waals surface area contributed by atoms with Crippen molar-refractivity contribution in [2.24, 2.45) is 0 Å². The molecule has 0 N–H and O–H groups in total. The third-order valence-electron chi connectivity index (χ3n) is 2.84. The summed E-state index contributed by atoms with van der Waals surface area (Å²) in [4.78, 5) is 14.8. The summed E-state index contributed by atoms with van der Waals surface area (Å²) in [6, 6.07) is 5.94. The van der Waals surface area contributed by atoms with Crippen molar-refractivity contribution in [1.82, 2.24) is 0 Å². The Morgan fingerprint density at radius 3 is 3.06 bits per heavy atom. The lowest BCUT2D eigenvalue weighted by Crippen LogP contribution is -2.39. The standard InChI is InChI=1S/C13H17NO3S/c1-16-7-3-6-14-11-8-10(18-2)4-5-12(11)17-9-13(14)15/h4-5,8H,3,6-7,9H2,1-2H3. The number of fused-ring (bicyclic) bond motifs is 1. The van der Waals surface area contributed by atoms with E-state index >= 15 is 0 Å². The Bertz CT molecular complexity index is 436. The average Bonchev–Trinajstić information content (AvgIpc) is 2.41. The molecule has 98 valence electrons. The van der Waals surface area contributed by atoms with E-state index in [9.17, 15) is 4.79 Å². The summed E-state index contributed by atoms with van der Waals surface area (Å²) in [5, 5.41) is 0. The van der Waals surface area contributed by atoms with Crippen LogP contribution in [0, 0.1) is 0 Å². The highest BCUT2D eigenvalue weighted by Gasteiger charge is 2.25. The number of rotatable bonds is 5. The maximum absolute atomic E-state index is 11.9. The van der Waals surface area contributed by atoms with Gasteiger partial charge in [0.05, 0.1) is 5.69 Å². The van der Waals surface area contributed by atoms with Gasteiger partial charge in [-0.3, -0.25) is 4.79 Å². The van der Waals surface area contributed by atoms with Crippen LogP contribution < -0.4 is 9.64 Å². The molecule has 0 aromatic heterocycles. The van der Waals surface area contributed by atoms with E-state index in [1.54, 1.807) is 23.8 Å². The Morgan fingerprint density at radius 2 is 2.33 bits per heavy atom. The van der Waals surface area contributed by atoms with E-state index in [1.807, 2.05) is 24.5 Å². The molecule has 0 saturated carbocycles. The van der Waals surface area contributed by atoms with Gasteiger partial charge < -0.3 is 14.4 Å². The van der Waals surface area contributed by atoms with Crippen LogP contribution >= 0.6 is 11.8 Å². The molecule has 0 unspecified atom stereocenters. The number of hydrogen-bond acceptors (Lipinski definition) is 4. The second-order valence-corrected chi connectivity index (χ2v) is 4.89. The predicted octanol–water partition coefficient (Wildman–Crippen LogP) is 2.17. The van der Waals surface area contributed by atoms with Crippen molar-refractivity contribution < 1.29 is 14.3 Å². The van der Waals surface area contributed by atoms with Crippen molar-refractivity contribution in [3.8, 4) is 5.75 Å². The molecule has 1 aliphatic rings. The SMILES string of the molecule is COCCCN1C(=O)COc2ccc(SC)cc21. The van der Waals surface area contributed by atoms with Crippen LogP contribution in [-0.4, -0.2) is 39.0 Å². The fraction of sp³-hybridized carbons (Fsp3) is 0.462. The molecule has 1 heterocycles. The van der Waals surface area contributed by atoms with Gasteiger partial charge in [-0.25, -0.2) is 0 Å². The van der Waals surface area contributed by atoms with Crippen molar-refractivity contribution >= 4 is 23.4 Å². The van der Waals surface area contributed by atoms with Gasteiger partial charge >= 0.3 is 0 Å². The van der Waals surface area contributed by atoms with Crippen LogP contribution in [0.2, 0.25) is 0 Å². The number of carbonyl (C=O) groups excluding carboxylic acids is 1. The number of carbonyl (C=O) groups is 1. The highest BCUT2D eigenvalue weighted by molar-refractivity contribution is 7.98. The molecule has 4 nitrogen and oxygen atoms in total. The lowest BCUT2D eigenvalue weighted by atomic mass is 10.2. The van der Waals surface area contributed by atoms with E-state index in [1.165, 1.54) is 0 Å². The predicted molar refractivity (Wildman–Crippen MR) is 72.6 cm³/mol. The first kappa shape index (κ1) is 13.2. The molecule has 1 aromatic rings. The first-order valence-corrected chi connectivity index (χ1v) is 7.09. The van der Waals surface area contributed by atoms with Crippen LogP contribution in [0.4, 0.5) is 5.69 Å². The smallest absolute Gasteiger partial charge is 0.265 e. The van der Waals surface area contributed by atoms with Crippen LogP contribution in [0.15, 0.2) is 23.1 Å². The third-order valence-corrected chi connectivity index (χ3v) is 3.56. The Balaban J connectivity index is 2.21. The summed E-state index contributed by atoms with van der Waals surface area (Å²) < 4.78 is 10.5.